The van der Waals surface area contributed by atoms with E-state index in [0.717, 1.165) is 18.7 Å². The summed E-state index contributed by atoms with van der Waals surface area (Å²) in [5, 5.41) is 3.05. The Morgan fingerprint density at radius 2 is 2.09 bits per heavy atom. The maximum atomic E-state index is 12.7. The molecule has 2 rings (SSSR count). The number of carbonyl (C=O) groups excluding carboxylic acids is 1. The maximum absolute atomic E-state index is 12.7. The highest BCUT2D eigenvalue weighted by Gasteiger charge is 2.33. The van der Waals surface area contributed by atoms with Gasteiger partial charge < -0.3 is 10.1 Å². The molecule has 0 aliphatic carbocycles. The first kappa shape index (κ1) is 16.9. The van der Waals surface area contributed by atoms with E-state index in [1.165, 1.54) is 0 Å². The molecule has 122 valence electrons. The van der Waals surface area contributed by atoms with Crippen LogP contribution in [-0.2, 0) is 16.1 Å². The molecule has 1 aliphatic rings. The smallest absolute Gasteiger partial charge is 0.237 e. The Morgan fingerprint density at radius 3 is 2.64 bits per heavy atom. The summed E-state index contributed by atoms with van der Waals surface area (Å²) in [6.45, 7) is 10.4. The zero-order valence-electron chi connectivity index (χ0n) is 14.0. The number of morpholine rings is 1. The molecular formula is C17H27N3O2. The minimum atomic E-state index is -0.120. The number of nitrogens with one attached hydrogen (secondary N) is 1. The van der Waals surface area contributed by atoms with E-state index in [-0.39, 0.29) is 30.1 Å². The fourth-order valence-corrected chi connectivity index (χ4v) is 3.13. The molecule has 5 heteroatoms. The highest BCUT2D eigenvalue weighted by atomic mass is 16.5. The molecule has 0 saturated carbocycles. The van der Waals surface area contributed by atoms with Gasteiger partial charge in [0.05, 0.1) is 18.2 Å². The number of ether oxygens (including phenoxy) is 1. The lowest BCUT2D eigenvalue weighted by Gasteiger charge is -2.41. The fourth-order valence-electron chi connectivity index (χ4n) is 3.13. The molecule has 22 heavy (non-hydrogen) atoms. The summed E-state index contributed by atoms with van der Waals surface area (Å²) >= 11 is 0. The zero-order chi connectivity index (χ0) is 16.1. The SMILES string of the molecule is CC(C)[C@H](C(=O)NCc1cccnc1)N1C[C@@H](C)O[C@H](C)C1. The molecule has 0 radical (unpaired) electrons. The van der Waals surface area contributed by atoms with Gasteiger partial charge in [-0.1, -0.05) is 19.9 Å². The summed E-state index contributed by atoms with van der Waals surface area (Å²) in [6.07, 6.45) is 3.84. The molecule has 1 fully saturated rings. The summed E-state index contributed by atoms with van der Waals surface area (Å²) in [6, 6.07) is 3.73. The van der Waals surface area contributed by atoms with Gasteiger partial charge in [0.2, 0.25) is 5.91 Å². The van der Waals surface area contributed by atoms with E-state index < -0.39 is 0 Å². The Balaban J connectivity index is 1.99. The third-order valence-corrected chi connectivity index (χ3v) is 3.93. The van der Waals surface area contributed by atoms with Crippen molar-refractivity contribution in [1.82, 2.24) is 15.2 Å². The second-order valence-corrected chi connectivity index (χ2v) is 6.48. The van der Waals surface area contributed by atoms with E-state index in [4.69, 9.17) is 4.74 Å². The molecular weight excluding hydrogens is 278 g/mol. The Labute approximate surface area is 133 Å². The van der Waals surface area contributed by atoms with E-state index in [2.05, 4.69) is 42.9 Å². The van der Waals surface area contributed by atoms with Crippen molar-refractivity contribution in [2.75, 3.05) is 13.1 Å². The molecule has 3 atom stereocenters. The lowest BCUT2D eigenvalue weighted by atomic mass is 9.99. The molecule has 0 aromatic carbocycles. The lowest BCUT2D eigenvalue weighted by molar-refractivity contribution is -0.135. The van der Waals surface area contributed by atoms with Crippen LogP contribution in [0.2, 0.25) is 0 Å². The Hall–Kier alpha value is -1.46. The number of nitrogens with zero attached hydrogens (tertiary/aromatic N) is 2. The van der Waals surface area contributed by atoms with Crippen LogP contribution < -0.4 is 5.32 Å². The van der Waals surface area contributed by atoms with Gasteiger partial charge in [-0.05, 0) is 31.4 Å². The van der Waals surface area contributed by atoms with Gasteiger partial charge in [0.1, 0.15) is 0 Å². The molecule has 0 spiro atoms. The highest BCUT2D eigenvalue weighted by Crippen LogP contribution is 2.18. The van der Waals surface area contributed by atoms with Gasteiger partial charge in [-0.3, -0.25) is 14.7 Å². The first-order chi connectivity index (χ1) is 10.5. The third-order valence-electron chi connectivity index (χ3n) is 3.93. The van der Waals surface area contributed by atoms with Crippen molar-refractivity contribution in [3.05, 3.63) is 30.1 Å². The van der Waals surface area contributed by atoms with Crippen LogP contribution in [0.15, 0.2) is 24.5 Å². The average Bonchev–Trinajstić information content (AvgIpc) is 2.45. The molecule has 2 heterocycles. The number of rotatable bonds is 5. The lowest BCUT2D eigenvalue weighted by Crippen LogP contribution is -2.56. The summed E-state index contributed by atoms with van der Waals surface area (Å²) in [5.74, 6) is 0.339. The van der Waals surface area contributed by atoms with Crippen molar-refractivity contribution in [2.45, 2.75) is 52.5 Å². The molecule has 5 nitrogen and oxygen atoms in total. The number of aromatic nitrogens is 1. The van der Waals surface area contributed by atoms with E-state index >= 15 is 0 Å². The number of amides is 1. The Kier molecular flexibility index (Phi) is 5.91. The van der Waals surface area contributed by atoms with Gasteiger partial charge in [-0.2, -0.15) is 0 Å². The van der Waals surface area contributed by atoms with Crippen LogP contribution in [0.4, 0.5) is 0 Å². The van der Waals surface area contributed by atoms with Crippen LogP contribution >= 0.6 is 0 Å². The molecule has 1 N–H and O–H groups in total. The van der Waals surface area contributed by atoms with E-state index in [1.54, 1.807) is 12.4 Å². The van der Waals surface area contributed by atoms with E-state index in [9.17, 15) is 4.79 Å². The summed E-state index contributed by atoms with van der Waals surface area (Å²) in [4.78, 5) is 19.0. The van der Waals surface area contributed by atoms with Gasteiger partial charge >= 0.3 is 0 Å². The van der Waals surface area contributed by atoms with Gasteiger partial charge in [-0.15, -0.1) is 0 Å². The largest absolute Gasteiger partial charge is 0.373 e. The van der Waals surface area contributed by atoms with Gasteiger partial charge in [0, 0.05) is 32.0 Å². The van der Waals surface area contributed by atoms with Crippen molar-refractivity contribution in [1.29, 1.82) is 0 Å². The molecule has 1 aromatic heterocycles. The van der Waals surface area contributed by atoms with Crippen LogP contribution in [0.1, 0.15) is 33.3 Å². The number of pyridine rings is 1. The third kappa shape index (κ3) is 4.52. The monoisotopic (exact) mass is 305 g/mol. The molecule has 1 amide bonds. The van der Waals surface area contributed by atoms with Crippen LogP contribution in [0.5, 0.6) is 0 Å². The maximum Gasteiger partial charge on any atom is 0.237 e. The van der Waals surface area contributed by atoms with Gasteiger partial charge in [0.15, 0.2) is 0 Å². The van der Waals surface area contributed by atoms with E-state index in [0.29, 0.717) is 6.54 Å². The highest BCUT2D eigenvalue weighted by molar-refractivity contribution is 5.82. The molecule has 1 saturated heterocycles. The van der Waals surface area contributed by atoms with Crippen LogP contribution in [0.3, 0.4) is 0 Å². The Morgan fingerprint density at radius 1 is 1.41 bits per heavy atom. The molecule has 1 aliphatic heterocycles. The van der Waals surface area contributed by atoms with Crippen molar-refractivity contribution in [3.8, 4) is 0 Å². The second-order valence-electron chi connectivity index (χ2n) is 6.48. The Bertz CT molecular complexity index is 468. The van der Waals surface area contributed by atoms with Crippen LogP contribution in [-0.4, -0.2) is 47.1 Å². The molecule has 0 unspecified atom stereocenters. The summed E-state index contributed by atoms with van der Waals surface area (Å²) in [5.41, 5.74) is 1.02. The predicted molar refractivity (Wildman–Crippen MR) is 86.3 cm³/mol. The van der Waals surface area contributed by atoms with Gasteiger partial charge in [0.25, 0.3) is 0 Å². The summed E-state index contributed by atoms with van der Waals surface area (Å²) in [7, 11) is 0. The topological polar surface area (TPSA) is 54.5 Å². The second kappa shape index (κ2) is 7.70. The normalized spacial score (nSPS) is 24.2. The zero-order valence-corrected chi connectivity index (χ0v) is 14.0. The predicted octanol–water partition coefficient (Wildman–Crippen LogP) is 1.83. The van der Waals surface area contributed by atoms with E-state index in [1.807, 2.05) is 12.1 Å². The van der Waals surface area contributed by atoms with Gasteiger partial charge in [-0.25, -0.2) is 0 Å². The average molecular weight is 305 g/mol. The number of hydrogen-bond acceptors (Lipinski definition) is 4. The van der Waals surface area contributed by atoms with Crippen LogP contribution in [0.25, 0.3) is 0 Å². The summed E-state index contributed by atoms with van der Waals surface area (Å²) < 4.78 is 5.77. The molecule has 0 bridgehead atoms. The van der Waals surface area contributed by atoms with Crippen LogP contribution in [0, 0.1) is 5.92 Å². The number of carbonyl (C=O) groups is 1. The quantitative estimate of drug-likeness (QED) is 0.902. The molecule has 1 aromatic rings. The number of hydrogen-bond donors (Lipinski definition) is 1. The first-order valence-corrected chi connectivity index (χ1v) is 8.03. The van der Waals surface area contributed by atoms with Crippen molar-refractivity contribution in [2.24, 2.45) is 5.92 Å². The minimum Gasteiger partial charge on any atom is -0.373 e. The standard InChI is InChI=1S/C17H27N3O2/c1-12(2)16(20-10-13(3)22-14(4)11-20)17(21)19-9-15-6-5-7-18-8-15/h5-8,12-14,16H,9-11H2,1-4H3,(H,19,21)/t13-,14-,16-/m1/s1. The van der Waals surface area contributed by atoms with Crippen molar-refractivity contribution < 1.29 is 9.53 Å². The van der Waals surface area contributed by atoms with Crippen molar-refractivity contribution >= 4 is 5.91 Å². The first-order valence-electron chi connectivity index (χ1n) is 8.03. The van der Waals surface area contributed by atoms with Crippen molar-refractivity contribution in [3.63, 3.8) is 0 Å². The minimum absolute atomic E-state index is 0.0835. The fraction of sp³-hybridized carbons (Fsp3) is 0.647.